The van der Waals surface area contributed by atoms with Crippen molar-refractivity contribution in [3.63, 3.8) is 0 Å². The van der Waals surface area contributed by atoms with E-state index < -0.39 is 17.7 Å². The monoisotopic (exact) mass is 308 g/mol. The second-order valence-corrected chi connectivity index (χ2v) is 4.44. The molecular formula is C11H9BrN4O2. The average molecular weight is 309 g/mol. The van der Waals surface area contributed by atoms with Crippen LogP contribution in [0.2, 0.25) is 0 Å². The van der Waals surface area contributed by atoms with Crippen LogP contribution in [0.5, 0.6) is 0 Å². The number of rotatable bonds is 3. The molecule has 2 N–H and O–H groups in total. The maximum absolute atomic E-state index is 11.5. The summed E-state index contributed by atoms with van der Waals surface area (Å²) in [4.78, 5) is 22.7. The van der Waals surface area contributed by atoms with Crippen molar-refractivity contribution >= 4 is 40.2 Å². The molecule has 92 valence electrons. The van der Waals surface area contributed by atoms with Crippen molar-refractivity contribution in [2.24, 2.45) is 16.1 Å². The number of benzene rings is 1. The lowest BCUT2D eigenvalue weighted by molar-refractivity contribution is -0.131. The van der Waals surface area contributed by atoms with E-state index in [0.717, 1.165) is 10.0 Å². The molecule has 1 aromatic rings. The Morgan fingerprint density at radius 3 is 3.06 bits per heavy atom. The van der Waals surface area contributed by atoms with Gasteiger partial charge in [-0.3, -0.25) is 9.59 Å². The van der Waals surface area contributed by atoms with Gasteiger partial charge in [-0.1, -0.05) is 28.1 Å². The summed E-state index contributed by atoms with van der Waals surface area (Å²) >= 11 is 3.33. The number of halogens is 1. The third-order valence-electron chi connectivity index (χ3n) is 2.20. The van der Waals surface area contributed by atoms with Crippen molar-refractivity contribution in [2.75, 3.05) is 0 Å². The Hall–Kier alpha value is -2.02. The molecule has 0 fully saturated rings. The molecule has 0 bridgehead atoms. The molecule has 0 aliphatic carbocycles. The van der Waals surface area contributed by atoms with E-state index in [9.17, 15) is 9.59 Å². The molecule has 18 heavy (non-hydrogen) atoms. The van der Waals surface area contributed by atoms with Crippen LogP contribution in [0.1, 0.15) is 5.56 Å². The molecule has 1 aliphatic heterocycles. The van der Waals surface area contributed by atoms with Crippen molar-refractivity contribution < 1.29 is 9.59 Å². The molecule has 1 aromatic carbocycles. The molecule has 2 rings (SSSR count). The standard InChI is InChI=1S/C11H9BrN4O2/c12-8-3-1-2-7(4-8)5-13-15-10(17)9-6-14-16-11(9)18/h1-6,9H,(H,15,17)(H,16,18). The molecule has 0 spiro atoms. The molecule has 1 atom stereocenters. The Morgan fingerprint density at radius 1 is 1.56 bits per heavy atom. The smallest absolute Gasteiger partial charge is 0.258 e. The zero-order chi connectivity index (χ0) is 13.0. The van der Waals surface area contributed by atoms with Crippen molar-refractivity contribution in [3.8, 4) is 0 Å². The summed E-state index contributed by atoms with van der Waals surface area (Å²) in [6.45, 7) is 0. The number of nitrogens with zero attached hydrogens (tertiary/aromatic N) is 2. The first-order chi connectivity index (χ1) is 8.66. The first-order valence-electron chi connectivity index (χ1n) is 5.08. The fourth-order valence-electron chi connectivity index (χ4n) is 1.33. The quantitative estimate of drug-likeness (QED) is 0.488. The van der Waals surface area contributed by atoms with E-state index in [0.29, 0.717) is 0 Å². The first-order valence-corrected chi connectivity index (χ1v) is 5.87. The lowest BCUT2D eigenvalue weighted by Crippen LogP contribution is -2.34. The number of carbonyl (C=O) groups is 2. The second kappa shape index (κ2) is 5.54. The molecule has 2 amide bonds. The second-order valence-electron chi connectivity index (χ2n) is 3.52. The minimum Gasteiger partial charge on any atom is -0.272 e. The highest BCUT2D eigenvalue weighted by Gasteiger charge is 2.28. The average Bonchev–Trinajstić information content (AvgIpc) is 2.75. The molecule has 0 radical (unpaired) electrons. The molecule has 0 aromatic heterocycles. The van der Waals surface area contributed by atoms with Gasteiger partial charge in [0.25, 0.3) is 11.8 Å². The minimum atomic E-state index is -0.912. The summed E-state index contributed by atoms with van der Waals surface area (Å²) in [7, 11) is 0. The van der Waals surface area contributed by atoms with E-state index >= 15 is 0 Å². The van der Waals surface area contributed by atoms with Gasteiger partial charge in [-0.05, 0) is 17.7 Å². The summed E-state index contributed by atoms with van der Waals surface area (Å²) in [5.74, 6) is -1.88. The van der Waals surface area contributed by atoms with Crippen molar-refractivity contribution in [1.82, 2.24) is 10.9 Å². The molecule has 6 nitrogen and oxygen atoms in total. The van der Waals surface area contributed by atoms with Crippen molar-refractivity contribution in [2.45, 2.75) is 0 Å². The SMILES string of the molecule is O=C(NN=Cc1cccc(Br)c1)C1C=NNC1=O. The number of hydrogen-bond acceptors (Lipinski definition) is 4. The number of nitrogens with one attached hydrogen (secondary N) is 2. The van der Waals surface area contributed by atoms with Gasteiger partial charge in [-0.15, -0.1) is 0 Å². The number of hydrazone groups is 2. The molecule has 1 aliphatic rings. The lowest BCUT2D eigenvalue weighted by atomic mass is 10.1. The highest BCUT2D eigenvalue weighted by Crippen LogP contribution is 2.09. The third-order valence-corrected chi connectivity index (χ3v) is 2.69. The van der Waals surface area contributed by atoms with Gasteiger partial charge >= 0.3 is 0 Å². The van der Waals surface area contributed by atoms with E-state index in [1.54, 1.807) is 0 Å². The Morgan fingerprint density at radius 2 is 2.39 bits per heavy atom. The largest absolute Gasteiger partial charge is 0.272 e. The van der Waals surface area contributed by atoms with Crippen LogP contribution in [0.25, 0.3) is 0 Å². The molecule has 1 heterocycles. The van der Waals surface area contributed by atoms with Gasteiger partial charge in [0.15, 0.2) is 5.92 Å². The molecule has 0 saturated carbocycles. The van der Waals surface area contributed by atoms with E-state index in [-0.39, 0.29) is 0 Å². The fraction of sp³-hybridized carbons (Fsp3) is 0.0909. The van der Waals surface area contributed by atoms with Crippen LogP contribution in [0.3, 0.4) is 0 Å². The minimum absolute atomic E-state index is 0.454. The Labute approximate surface area is 111 Å². The van der Waals surface area contributed by atoms with Gasteiger partial charge in [0.1, 0.15) is 0 Å². The van der Waals surface area contributed by atoms with Crippen LogP contribution in [-0.2, 0) is 9.59 Å². The van der Waals surface area contributed by atoms with Crippen LogP contribution in [0.4, 0.5) is 0 Å². The normalized spacial score (nSPS) is 18.1. The van der Waals surface area contributed by atoms with E-state index in [4.69, 9.17) is 0 Å². The predicted octanol–water partition coefficient (Wildman–Crippen LogP) is 0.631. The highest BCUT2D eigenvalue weighted by molar-refractivity contribution is 9.10. The molecule has 1 unspecified atom stereocenters. The molecule has 7 heteroatoms. The van der Waals surface area contributed by atoms with Crippen LogP contribution in [0, 0.1) is 5.92 Å². The van der Waals surface area contributed by atoms with Crippen LogP contribution < -0.4 is 10.9 Å². The fourth-order valence-corrected chi connectivity index (χ4v) is 1.74. The number of carbonyl (C=O) groups excluding carboxylic acids is 2. The summed E-state index contributed by atoms with van der Waals surface area (Å²) in [5.41, 5.74) is 5.29. The van der Waals surface area contributed by atoms with Crippen molar-refractivity contribution in [3.05, 3.63) is 34.3 Å². The Balaban J connectivity index is 1.93. The number of hydrogen-bond donors (Lipinski definition) is 2. The molecule has 0 saturated heterocycles. The Bertz CT molecular complexity index is 542. The van der Waals surface area contributed by atoms with Gasteiger partial charge in [-0.2, -0.15) is 10.2 Å². The van der Waals surface area contributed by atoms with Gasteiger partial charge in [0.2, 0.25) is 0 Å². The topological polar surface area (TPSA) is 82.9 Å². The molecular weight excluding hydrogens is 300 g/mol. The van der Waals surface area contributed by atoms with Gasteiger partial charge < -0.3 is 0 Å². The highest BCUT2D eigenvalue weighted by atomic mass is 79.9. The first kappa shape index (κ1) is 12.4. The van der Waals surface area contributed by atoms with E-state index in [1.165, 1.54) is 12.4 Å². The van der Waals surface area contributed by atoms with Gasteiger partial charge in [-0.25, -0.2) is 10.9 Å². The van der Waals surface area contributed by atoms with Crippen molar-refractivity contribution in [1.29, 1.82) is 0 Å². The van der Waals surface area contributed by atoms with Crippen LogP contribution in [0.15, 0.2) is 38.9 Å². The maximum atomic E-state index is 11.5. The zero-order valence-corrected chi connectivity index (χ0v) is 10.7. The zero-order valence-electron chi connectivity index (χ0n) is 9.13. The van der Waals surface area contributed by atoms with Gasteiger partial charge in [0.05, 0.1) is 6.21 Å². The summed E-state index contributed by atoms with van der Waals surface area (Å²) in [5, 5.41) is 7.28. The predicted molar refractivity (Wildman–Crippen MR) is 70.0 cm³/mol. The lowest BCUT2D eigenvalue weighted by Gasteiger charge is -2.01. The third kappa shape index (κ3) is 3.01. The summed E-state index contributed by atoms with van der Waals surface area (Å²) in [6, 6.07) is 7.42. The van der Waals surface area contributed by atoms with E-state index in [2.05, 4.69) is 37.0 Å². The number of amides is 2. The van der Waals surface area contributed by atoms with Gasteiger partial charge in [0, 0.05) is 10.7 Å². The maximum Gasteiger partial charge on any atom is 0.258 e. The summed E-state index contributed by atoms with van der Waals surface area (Å²) < 4.78 is 0.917. The summed E-state index contributed by atoms with van der Waals surface area (Å²) in [6.07, 6.45) is 2.74. The van der Waals surface area contributed by atoms with E-state index in [1.807, 2.05) is 24.3 Å². The van der Waals surface area contributed by atoms with Crippen LogP contribution in [-0.4, -0.2) is 24.2 Å². The Kier molecular flexibility index (Phi) is 3.83. The van der Waals surface area contributed by atoms with Crippen LogP contribution >= 0.6 is 15.9 Å².